The van der Waals surface area contributed by atoms with E-state index >= 15 is 0 Å². The van der Waals surface area contributed by atoms with Crippen molar-refractivity contribution in [3.8, 4) is 0 Å². The largest absolute Gasteiger partial charge is 0.377 e. The third-order valence-electron chi connectivity index (χ3n) is 4.62. The van der Waals surface area contributed by atoms with E-state index in [4.69, 9.17) is 9.47 Å². The lowest BCUT2D eigenvalue weighted by Gasteiger charge is -2.24. The van der Waals surface area contributed by atoms with Crippen LogP contribution in [0.2, 0.25) is 0 Å². The van der Waals surface area contributed by atoms with Gasteiger partial charge >= 0.3 is 0 Å². The van der Waals surface area contributed by atoms with Gasteiger partial charge in [0.1, 0.15) is 0 Å². The second kappa shape index (κ2) is 7.36. The zero-order valence-corrected chi connectivity index (χ0v) is 13.8. The van der Waals surface area contributed by atoms with Crippen molar-refractivity contribution < 1.29 is 9.47 Å². The fourth-order valence-electron chi connectivity index (χ4n) is 3.02. The molecule has 4 nitrogen and oxygen atoms in total. The van der Waals surface area contributed by atoms with E-state index in [-0.39, 0.29) is 12.2 Å². The van der Waals surface area contributed by atoms with Crippen LogP contribution in [0.1, 0.15) is 22.7 Å². The molecule has 0 aromatic heterocycles. The minimum atomic E-state index is 0.173. The van der Waals surface area contributed by atoms with Crippen LogP contribution in [0.15, 0.2) is 18.2 Å². The fourth-order valence-corrected chi connectivity index (χ4v) is 3.02. The number of methoxy groups -OCH3 is 2. The number of likely N-dealkylation sites (tertiary alicyclic amines) is 1. The zero-order chi connectivity index (χ0) is 15.4. The third kappa shape index (κ3) is 3.83. The molecule has 21 heavy (non-hydrogen) atoms. The Kier molecular flexibility index (Phi) is 5.76. The summed E-state index contributed by atoms with van der Waals surface area (Å²) < 4.78 is 11.0. The summed E-state index contributed by atoms with van der Waals surface area (Å²) in [5.74, 6) is 0. The van der Waals surface area contributed by atoms with Crippen molar-refractivity contribution >= 4 is 0 Å². The molecule has 1 heterocycles. The topological polar surface area (TPSA) is 33.7 Å². The van der Waals surface area contributed by atoms with Crippen LogP contribution >= 0.6 is 0 Å². The van der Waals surface area contributed by atoms with Crippen LogP contribution in [0.5, 0.6) is 0 Å². The first-order chi connectivity index (χ1) is 10.1. The molecule has 0 saturated carbocycles. The van der Waals surface area contributed by atoms with Crippen LogP contribution < -0.4 is 5.32 Å². The van der Waals surface area contributed by atoms with Crippen molar-refractivity contribution in [2.45, 2.75) is 32.1 Å². The monoisotopic (exact) mass is 292 g/mol. The summed E-state index contributed by atoms with van der Waals surface area (Å²) >= 11 is 0. The van der Waals surface area contributed by atoms with Gasteiger partial charge in [0.2, 0.25) is 0 Å². The molecule has 3 atom stereocenters. The number of aryl methyl sites for hydroxylation is 2. The van der Waals surface area contributed by atoms with Crippen LogP contribution in [-0.4, -0.2) is 58.0 Å². The van der Waals surface area contributed by atoms with E-state index in [1.807, 2.05) is 7.05 Å². The third-order valence-corrected chi connectivity index (χ3v) is 4.62. The molecule has 1 aromatic carbocycles. The fraction of sp³-hybridized carbons (Fsp3) is 0.647. The molecule has 2 rings (SSSR count). The lowest BCUT2D eigenvalue weighted by Crippen LogP contribution is -2.33. The van der Waals surface area contributed by atoms with Crippen molar-refractivity contribution in [1.29, 1.82) is 0 Å². The minimum Gasteiger partial charge on any atom is -0.377 e. The summed E-state index contributed by atoms with van der Waals surface area (Å²) in [6, 6.07) is 7.04. The lowest BCUT2D eigenvalue weighted by molar-refractivity contribution is -0.00461. The number of ether oxygens (including phenoxy) is 2. The van der Waals surface area contributed by atoms with Crippen molar-refractivity contribution in [1.82, 2.24) is 10.2 Å². The maximum Gasteiger partial charge on any atom is 0.0971 e. The second-order valence-electron chi connectivity index (χ2n) is 5.95. The molecule has 0 amide bonds. The number of benzene rings is 1. The predicted molar refractivity (Wildman–Crippen MR) is 85.8 cm³/mol. The maximum atomic E-state index is 5.51. The molecule has 118 valence electrons. The van der Waals surface area contributed by atoms with Gasteiger partial charge in [0.25, 0.3) is 0 Å². The van der Waals surface area contributed by atoms with Gasteiger partial charge in [-0.05, 0) is 37.6 Å². The van der Waals surface area contributed by atoms with Crippen LogP contribution in [0.3, 0.4) is 0 Å². The molecule has 0 spiro atoms. The molecule has 0 aliphatic carbocycles. The van der Waals surface area contributed by atoms with Crippen LogP contribution in [0, 0.1) is 13.8 Å². The Hall–Kier alpha value is -0.940. The molecule has 0 radical (unpaired) electrons. The SMILES string of the molecule is CNC(CN1CC(OC)C(OC)C1)c1ccc(C)c(C)c1. The van der Waals surface area contributed by atoms with E-state index < -0.39 is 0 Å². The number of rotatable bonds is 6. The van der Waals surface area contributed by atoms with Gasteiger partial charge in [-0.15, -0.1) is 0 Å². The standard InChI is InChI=1S/C17H28N2O2/c1-12-6-7-14(8-13(12)2)15(18-3)9-19-10-16(20-4)17(11-19)21-5/h6-8,15-18H,9-11H2,1-5H3. The first-order valence-corrected chi connectivity index (χ1v) is 7.61. The normalized spacial score (nSPS) is 24.4. The molecule has 1 fully saturated rings. The van der Waals surface area contributed by atoms with Crippen molar-refractivity contribution in [3.05, 3.63) is 34.9 Å². The quantitative estimate of drug-likeness (QED) is 0.868. The van der Waals surface area contributed by atoms with Gasteiger partial charge in [-0.25, -0.2) is 0 Å². The van der Waals surface area contributed by atoms with Crippen LogP contribution in [0.25, 0.3) is 0 Å². The summed E-state index contributed by atoms with van der Waals surface area (Å²) in [5.41, 5.74) is 4.03. The van der Waals surface area contributed by atoms with E-state index in [0.717, 1.165) is 19.6 Å². The Labute approximate surface area is 128 Å². The average molecular weight is 292 g/mol. The molecule has 1 aliphatic rings. The summed E-state index contributed by atoms with van der Waals surface area (Å²) in [4.78, 5) is 2.42. The highest BCUT2D eigenvalue weighted by molar-refractivity contribution is 5.31. The predicted octanol–water partition coefficient (Wildman–Crippen LogP) is 1.91. The van der Waals surface area contributed by atoms with Crippen molar-refractivity contribution in [3.63, 3.8) is 0 Å². The van der Waals surface area contributed by atoms with Gasteiger partial charge in [0.05, 0.1) is 12.2 Å². The Bertz CT molecular complexity index is 452. The molecule has 3 unspecified atom stereocenters. The van der Waals surface area contributed by atoms with E-state index in [1.54, 1.807) is 14.2 Å². The number of nitrogens with one attached hydrogen (secondary N) is 1. The Morgan fingerprint density at radius 1 is 1.14 bits per heavy atom. The maximum absolute atomic E-state index is 5.51. The molecule has 1 aromatic rings. The number of likely N-dealkylation sites (N-methyl/N-ethyl adjacent to an activating group) is 1. The minimum absolute atomic E-state index is 0.173. The zero-order valence-electron chi connectivity index (χ0n) is 13.8. The van der Waals surface area contributed by atoms with Gasteiger partial charge in [-0.3, -0.25) is 4.90 Å². The number of hydrogen-bond donors (Lipinski definition) is 1. The Balaban J connectivity index is 2.04. The first-order valence-electron chi connectivity index (χ1n) is 7.61. The molecule has 4 heteroatoms. The summed E-state index contributed by atoms with van der Waals surface area (Å²) in [6.07, 6.45) is 0.347. The van der Waals surface area contributed by atoms with E-state index in [9.17, 15) is 0 Å². The molecule has 0 bridgehead atoms. The van der Waals surface area contributed by atoms with Gasteiger partial charge < -0.3 is 14.8 Å². The first kappa shape index (κ1) is 16.4. The van der Waals surface area contributed by atoms with Crippen molar-refractivity contribution in [2.24, 2.45) is 0 Å². The van der Waals surface area contributed by atoms with E-state index in [2.05, 4.69) is 42.3 Å². The van der Waals surface area contributed by atoms with Crippen molar-refractivity contribution in [2.75, 3.05) is 40.9 Å². The molecule has 1 saturated heterocycles. The highest BCUT2D eigenvalue weighted by Gasteiger charge is 2.33. The Morgan fingerprint density at radius 3 is 2.24 bits per heavy atom. The number of nitrogens with zero attached hydrogens (tertiary/aromatic N) is 1. The summed E-state index contributed by atoms with van der Waals surface area (Å²) in [5, 5.41) is 3.43. The summed E-state index contributed by atoms with van der Waals surface area (Å²) in [6.45, 7) is 7.15. The van der Waals surface area contributed by atoms with Gasteiger partial charge in [0, 0.05) is 39.9 Å². The molecular weight excluding hydrogens is 264 g/mol. The highest BCUT2D eigenvalue weighted by Crippen LogP contribution is 2.22. The number of hydrogen-bond acceptors (Lipinski definition) is 4. The highest BCUT2D eigenvalue weighted by atomic mass is 16.5. The van der Waals surface area contributed by atoms with Crippen LogP contribution in [-0.2, 0) is 9.47 Å². The van der Waals surface area contributed by atoms with E-state index in [1.165, 1.54) is 16.7 Å². The summed E-state index contributed by atoms with van der Waals surface area (Å²) in [7, 11) is 5.55. The molecular formula is C17H28N2O2. The molecule has 1 aliphatic heterocycles. The molecule has 1 N–H and O–H groups in total. The Morgan fingerprint density at radius 2 is 1.76 bits per heavy atom. The van der Waals surface area contributed by atoms with Crippen LogP contribution in [0.4, 0.5) is 0 Å². The second-order valence-corrected chi connectivity index (χ2v) is 5.95. The van der Waals surface area contributed by atoms with Gasteiger partial charge in [-0.1, -0.05) is 18.2 Å². The van der Waals surface area contributed by atoms with Gasteiger partial charge in [0.15, 0.2) is 0 Å². The van der Waals surface area contributed by atoms with Gasteiger partial charge in [-0.2, -0.15) is 0 Å². The average Bonchev–Trinajstić information content (AvgIpc) is 2.90. The lowest BCUT2D eigenvalue weighted by atomic mass is 10.0. The van der Waals surface area contributed by atoms with E-state index in [0.29, 0.717) is 6.04 Å². The smallest absolute Gasteiger partial charge is 0.0971 e.